The van der Waals surface area contributed by atoms with E-state index in [0.29, 0.717) is 22.8 Å². The summed E-state index contributed by atoms with van der Waals surface area (Å²) in [6, 6.07) is 12.1. The summed E-state index contributed by atoms with van der Waals surface area (Å²) < 4.78 is 19.1. The fourth-order valence-corrected chi connectivity index (χ4v) is 2.55. The fourth-order valence-electron chi connectivity index (χ4n) is 1.96. The lowest BCUT2D eigenvalue weighted by atomic mass is 10.0. The molecule has 19 heavy (non-hydrogen) atoms. The number of alkyl halides is 1. The van der Waals surface area contributed by atoms with Crippen LogP contribution in [-0.4, -0.2) is 7.11 Å². The summed E-state index contributed by atoms with van der Waals surface area (Å²) in [5, 5.41) is 0.0968. The number of ether oxygens (including phenoxy) is 1. The second-order valence-corrected chi connectivity index (χ2v) is 5.05. The summed E-state index contributed by atoms with van der Waals surface area (Å²) in [6.45, 7) is 0. The van der Waals surface area contributed by atoms with Gasteiger partial charge >= 0.3 is 0 Å². The molecule has 0 amide bonds. The number of benzene rings is 2. The molecule has 0 aliphatic rings. The first-order valence-corrected chi connectivity index (χ1v) is 6.64. The number of rotatable bonds is 4. The van der Waals surface area contributed by atoms with E-state index < -0.39 is 5.38 Å². The Balaban J connectivity index is 2.30. The van der Waals surface area contributed by atoms with Crippen LogP contribution in [-0.2, 0) is 6.42 Å². The molecule has 0 aromatic heterocycles. The highest BCUT2D eigenvalue weighted by Gasteiger charge is 2.19. The molecular weight excluding hydrogens is 286 g/mol. The monoisotopic (exact) mass is 298 g/mol. The van der Waals surface area contributed by atoms with Crippen LogP contribution in [0, 0.1) is 5.82 Å². The van der Waals surface area contributed by atoms with Crippen molar-refractivity contribution in [3.05, 3.63) is 64.4 Å². The number of halogens is 3. The van der Waals surface area contributed by atoms with Crippen LogP contribution in [0.15, 0.2) is 42.5 Å². The zero-order valence-corrected chi connectivity index (χ0v) is 11.9. The van der Waals surface area contributed by atoms with Crippen LogP contribution in [0.2, 0.25) is 5.02 Å². The number of hydrogen-bond donors (Lipinski definition) is 0. The molecule has 2 aromatic rings. The van der Waals surface area contributed by atoms with Crippen molar-refractivity contribution in [1.29, 1.82) is 0 Å². The molecule has 0 N–H and O–H groups in total. The van der Waals surface area contributed by atoms with Crippen LogP contribution in [0.5, 0.6) is 5.75 Å². The Kier molecular flexibility index (Phi) is 4.67. The maximum atomic E-state index is 13.9. The average molecular weight is 299 g/mol. The number of methoxy groups -OCH3 is 1. The first-order valence-electron chi connectivity index (χ1n) is 5.83. The molecule has 0 radical (unpaired) electrons. The van der Waals surface area contributed by atoms with E-state index in [0.717, 1.165) is 5.56 Å². The van der Waals surface area contributed by atoms with Gasteiger partial charge in [0.15, 0.2) is 0 Å². The lowest BCUT2D eigenvalue weighted by Gasteiger charge is -2.15. The van der Waals surface area contributed by atoms with Gasteiger partial charge in [0, 0.05) is 10.6 Å². The molecule has 2 aromatic carbocycles. The van der Waals surface area contributed by atoms with Gasteiger partial charge in [-0.15, -0.1) is 11.6 Å². The van der Waals surface area contributed by atoms with Gasteiger partial charge in [-0.05, 0) is 30.2 Å². The van der Waals surface area contributed by atoms with Gasteiger partial charge in [-0.1, -0.05) is 35.9 Å². The van der Waals surface area contributed by atoms with E-state index in [4.69, 9.17) is 27.9 Å². The molecule has 0 aliphatic carbocycles. The van der Waals surface area contributed by atoms with Crippen LogP contribution in [0.25, 0.3) is 0 Å². The SMILES string of the molecule is COc1cccc(F)c1C(Cl)Cc1ccccc1Cl. The topological polar surface area (TPSA) is 9.23 Å². The lowest BCUT2D eigenvalue weighted by molar-refractivity contribution is 0.403. The highest BCUT2D eigenvalue weighted by molar-refractivity contribution is 6.31. The van der Waals surface area contributed by atoms with Gasteiger partial charge in [0.2, 0.25) is 0 Å². The van der Waals surface area contributed by atoms with E-state index in [1.54, 1.807) is 18.2 Å². The largest absolute Gasteiger partial charge is 0.496 e. The van der Waals surface area contributed by atoms with E-state index in [1.165, 1.54) is 13.2 Å². The molecule has 2 rings (SSSR count). The van der Waals surface area contributed by atoms with Gasteiger partial charge in [-0.25, -0.2) is 4.39 Å². The minimum absolute atomic E-state index is 0.367. The van der Waals surface area contributed by atoms with E-state index in [1.807, 2.05) is 18.2 Å². The minimum Gasteiger partial charge on any atom is -0.496 e. The predicted molar refractivity (Wildman–Crippen MR) is 76.7 cm³/mol. The Bertz CT molecular complexity index is 572. The quantitative estimate of drug-likeness (QED) is 0.721. The highest BCUT2D eigenvalue weighted by Crippen LogP contribution is 2.35. The Hall–Kier alpha value is -1.25. The first kappa shape index (κ1) is 14.2. The van der Waals surface area contributed by atoms with Crippen molar-refractivity contribution in [2.45, 2.75) is 11.8 Å². The Morgan fingerprint density at radius 3 is 2.58 bits per heavy atom. The molecular formula is C15H13Cl2FO. The molecule has 0 heterocycles. The van der Waals surface area contributed by atoms with E-state index in [9.17, 15) is 4.39 Å². The average Bonchev–Trinajstić information content (AvgIpc) is 2.40. The summed E-state index contributed by atoms with van der Waals surface area (Å²) in [5.74, 6) is 0.0819. The Morgan fingerprint density at radius 2 is 1.89 bits per heavy atom. The molecule has 0 fully saturated rings. The molecule has 100 valence electrons. The smallest absolute Gasteiger partial charge is 0.131 e. The first-order chi connectivity index (χ1) is 9.13. The Morgan fingerprint density at radius 1 is 1.16 bits per heavy atom. The third-order valence-electron chi connectivity index (χ3n) is 2.90. The van der Waals surface area contributed by atoms with Crippen LogP contribution in [0.3, 0.4) is 0 Å². The molecule has 0 saturated heterocycles. The van der Waals surface area contributed by atoms with Gasteiger partial charge in [0.05, 0.1) is 12.5 Å². The lowest BCUT2D eigenvalue weighted by Crippen LogP contribution is -2.02. The van der Waals surface area contributed by atoms with Crippen molar-refractivity contribution < 1.29 is 9.13 Å². The van der Waals surface area contributed by atoms with Crippen molar-refractivity contribution in [2.24, 2.45) is 0 Å². The van der Waals surface area contributed by atoms with Crippen molar-refractivity contribution in [1.82, 2.24) is 0 Å². The van der Waals surface area contributed by atoms with Gasteiger partial charge in [-0.3, -0.25) is 0 Å². The molecule has 1 atom stereocenters. The zero-order chi connectivity index (χ0) is 13.8. The number of hydrogen-bond acceptors (Lipinski definition) is 1. The molecule has 1 unspecified atom stereocenters. The van der Waals surface area contributed by atoms with Gasteiger partial charge < -0.3 is 4.74 Å². The second kappa shape index (κ2) is 6.27. The minimum atomic E-state index is -0.531. The maximum Gasteiger partial charge on any atom is 0.131 e. The zero-order valence-electron chi connectivity index (χ0n) is 10.4. The van der Waals surface area contributed by atoms with Crippen molar-refractivity contribution >= 4 is 23.2 Å². The summed E-state index contributed by atoms with van der Waals surface area (Å²) >= 11 is 12.4. The van der Waals surface area contributed by atoms with Crippen molar-refractivity contribution in [3.63, 3.8) is 0 Å². The Labute approximate surface area is 121 Å². The van der Waals surface area contributed by atoms with Crippen molar-refractivity contribution in [3.8, 4) is 5.75 Å². The third kappa shape index (κ3) is 3.20. The summed E-state index contributed by atoms with van der Waals surface area (Å²) in [5.41, 5.74) is 1.25. The molecule has 1 nitrogen and oxygen atoms in total. The fraction of sp³-hybridized carbons (Fsp3) is 0.200. The summed E-state index contributed by atoms with van der Waals surface area (Å²) in [4.78, 5) is 0. The second-order valence-electron chi connectivity index (χ2n) is 4.12. The van der Waals surface area contributed by atoms with E-state index >= 15 is 0 Å². The van der Waals surface area contributed by atoms with E-state index in [-0.39, 0.29) is 5.82 Å². The van der Waals surface area contributed by atoms with Crippen LogP contribution in [0.1, 0.15) is 16.5 Å². The molecule has 0 aliphatic heterocycles. The maximum absolute atomic E-state index is 13.9. The van der Waals surface area contributed by atoms with E-state index in [2.05, 4.69) is 0 Å². The molecule has 0 spiro atoms. The van der Waals surface area contributed by atoms with Gasteiger partial charge in [0.1, 0.15) is 11.6 Å². The third-order valence-corrected chi connectivity index (χ3v) is 3.64. The van der Waals surface area contributed by atoms with Crippen LogP contribution < -0.4 is 4.74 Å². The highest BCUT2D eigenvalue weighted by atomic mass is 35.5. The normalized spacial score (nSPS) is 12.2. The van der Waals surface area contributed by atoms with Gasteiger partial charge in [0.25, 0.3) is 0 Å². The molecule has 4 heteroatoms. The molecule has 0 saturated carbocycles. The van der Waals surface area contributed by atoms with Crippen LogP contribution in [0.4, 0.5) is 4.39 Å². The standard InChI is InChI=1S/C15H13Cl2FO/c1-19-14-8-4-7-13(18)15(14)12(17)9-10-5-2-3-6-11(10)16/h2-8,12H,9H2,1H3. The molecule has 0 bridgehead atoms. The van der Waals surface area contributed by atoms with Crippen molar-refractivity contribution in [2.75, 3.05) is 7.11 Å². The summed E-state index contributed by atoms with van der Waals surface area (Å²) in [6.07, 6.45) is 0.443. The predicted octanol–water partition coefficient (Wildman–Crippen LogP) is 5.01. The van der Waals surface area contributed by atoms with Gasteiger partial charge in [-0.2, -0.15) is 0 Å². The van der Waals surface area contributed by atoms with Crippen LogP contribution >= 0.6 is 23.2 Å². The summed E-state index contributed by atoms with van der Waals surface area (Å²) in [7, 11) is 1.50.